The van der Waals surface area contributed by atoms with E-state index in [1.807, 2.05) is 30.3 Å². The zero-order valence-corrected chi connectivity index (χ0v) is 15.0. The molecule has 2 aromatic carbocycles. The number of benzene rings is 2. The van der Waals surface area contributed by atoms with Gasteiger partial charge in [-0.2, -0.15) is 5.26 Å². The highest BCUT2D eigenvalue weighted by Crippen LogP contribution is 2.23. The lowest BCUT2D eigenvalue weighted by molar-refractivity contribution is -0.112. The molecule has 128 valence electrons. The van der Waals surface area contributed by atoms with Crippen LogP contribution in [0.5, 0.6) is 5.75 Å². The van der Waals surface area contributed by atoms with Crippen LogP contribution in [0.15, 0.2) is 54.1 Å². The summed E-state index contributed by atoms with van der Waals surface area (Å²) in [6.45, 7) is 6.42. The fourth-order valence-corrected chi connectivity index (χ4v) is 2.29. The van der Waals surface area contributed by atoms with Gasteiger partial charge in [0, 0.05) is 11.8 Å². The van der Waals surface area contributed by atoms with Gasteiger partial charge < -0.3 is 10.1 Å². The number of hydrogen-bond acceptors (Lipinski definition) is 3. The second-order valence-corrected chi connectivity index (χ2v) is 6.73. The molecule has 0 aromatic heterocycles. The molecule has 25 heavy (non-hydrogen) atoms. The summed E-state index contributed by atoms with van der Waals surface area (Å²) in [7, 11) is 1.56. The SMILES string of the molecule is COc1cccc(NC(=O)/C(C#N)=C\c2ccc(C(C)(C)C)cc2)c1. The lowest BCUT2D eigenvalue weighted by atomic mass is 9.86. The van der Waals surface area contributed by atoms with Crippen molar-refractivity contribution in [2.75, 3.05) is 12.4 Å². The summed E-state index contributed by atoms with van der Waals surface area (Å²) in [6.07, 6.45) is 1.59. The van der Waals surface area contributed by atoms with Gasteiger partial charge in [-0.15, -0.1) is 0 Å². The highest BCUT2D eigenvalue weighted by Gasteiger charge is 2.13. The molecule has 2 aromatic rings. The smallest absolute Gasteiger partial charge is 0.266 e. The number of rotatable bonds is 4. The molecule has 0 saturated carbocycles. The number of nitrogens with zero attached hydrogens (tertiary/aromatic N) is 1. The second kappa shape index (κ2) is 7.67. The van der Waals surface area contributed by atoms with Gasteiger partial charge in [0.05, 0.1) is 7.11 Å². The standard InChI is InChI=1S/C21H22N2O2/c1-21(2,3)17-10-8-15(9-11-17)12-16(14-22)20(24)23-18-6-5-7-19(13-18)25-4/h5-13H,1-4H3,(H,23,24)/b16-12-. The van der Waals surface area contributed by atoms with Gasteiger partial charge >= 0.3 is 0 Å². The van der Waals surface area contributed by atoms with Crippen LogP contribution in [0, 0.1) is 11.3 Å². The summed E-state index contributed by atoms with van der Waals surface area (Å²) >= 11 is 0. The third-order valence-electron chi connectivity index (χ3n) is 3.78. The van der Waals surface area contributed by atoms with Crippen LogP contribution in [0.1, 0.15) is 31.9 Å². The van der Waals surface area contributed by atoms with Crippen LogP contribution in [-0.4, -0.2) is 13.0 Å². The quantitative estimate of drug-likeness (QED) is 0.659. The predicted molar refractivity (Wildman–Crippen MR) is 100 cm³/mol. The maximum Gasteiger partial charge on any atom is 0.266 e. The van der Waals surface area contributed by atoms with E-state index in [-0.39, 0.29) is 11.0 Å². The number of methoxy groups -OCH3 is 1. The first kappa shape index (κ1) is 18.3. The highest BCUT2D eigenvalue weighted by molar-refractivity contribution is 6.09. The van der Waals surface area contributed by atoms with E-state index in [0.717, 1.165) is 5.56 Å². The van der Waals surface area contributed by atoms with Gasteiger partial charge in [-0.3, -0.25) is 4.79 Å². The van der Waals surface area contributed by atoms with Crippen LogP contribution in [0.2, 0.25) is 0 Å². The first-order valence-electron chi connectivity index (χ1n) is 8.01. The zero-order chi connectivity index (χ0) is 18.4. The molecule has 0 bridgehead atoms. The van der Waals surface area contributed by atoms with Gasteiger partial charge in [-0.1, -0.05) is 51.1 Å². The molecular formula is C21H22N2O2. The molecule has 0 atom stereocenters. The topological polar surface area (TPSA) is 62.1 Å². The van der Waals surface area contributed by atoms with Gasteiger partial charge in [-0.25, -0.2) is 0 Å². The molecule has 1 N–H and O–H groups in total. The number of ether oxygens (including phenoxy) is 1. The average Bonchev–Trinajstić information content (AvgIpc) is 2.59. The van der Waals surface area contributed by atoms with Crippen molar-refractivity contribution in [2.24, 2.45) is 0 Å². The van der Waals surface area contributed by atoms with Crippen LogP contribution in [0.3, 0.4) is 0 Å². The normalized spacial score (nSPS) is 11.6. The molecule has 0 unspecified atom stereocenters. The number of carbonyl (C=O) groups excluding carboxylic acids is 1. The van der Waals surface area contributed by atoms with Crippen molar-refractivity contribution in [3.63, 3.8) is 0 Å². The Morgan fingerprint density at radius 3 is 2.40 bits per heavy atom. The Morgan fingerprint density at radius 1 is 1.16 bits per heavy atom. The van der Waals surface area contributed by atoms with Crippen LogP contribution in [0.25, 0.3) is 6.08 Å². The number of hydrogen-bond donors (Lipinski definition) is 1. The van der Waals surface area contributed by atoms with Crippen molar-refractivity contribution in [3.8, 4) is 11.8 Å². The molecule has 2 rings (SSSR count). The van der Waals surface area contributed by atoms with Gasteiger partial charge in [0.25, 0.3) is 5.91 Å². The Balaban J connectivity index is 2.19. The molecular weight excluding hydrogens is 312 g/mol. The first-order chi connectivity index (χ1) is 11.8. The largest absolute Gasteiger partial charge is 0.497 e. The average molecular weight is 334 g/mol. The Morgan fingerprint density at radius 2 is 1.84 bits per heavy atom. The summed E-state index contributed by atoms with van der Waals surface area (Å²) < 4.78 is 5.13. The zero-order valence-electron chi connectivity index (χ0n) is 15.0. The molecule has 0 spiro atoms. The van der Waals surface area contributed by atoms with E-state index in [1.54, 1.807) is 37.5 Å². The number of nitriles is 1. The van der Waals surface area contributed by atoms with Crippen LogP contribution in [-0.2, 0) is 10.2 Å². The summed E-state index contributed by atoms with van der Waals surface area (Å²) in [5, 5.41) is 12.0. The predicted octanol–water partition coefficient (Wildman–Crippen LogP) is 4.54. The highest BCUT2D eigenvalue weighted by atomic mass is 16.5. The van der Waals surface area contributed by atoms with Gasteiger partial charge in [0.15, 0.2) is 0 Å². The van der Waals surface area contributed by atoms with Crippen LogP contribution < -0.4 is 10.1 Å². The maximum atomic E-state index is 12.3. The lowest BCUT2D eigenvalue weighted by Crippen LogP contribution is -2.13. The molecule has 0 aliphatic carbocycles. The fraction of sp³-hybridized carbons (Fsp3) is 0.238. The molecule has 4 heteroatoms. The summed E-state index contributed by atoms with van der Waals surface area (Å²) in [5.74, 6) is 0.189. The van der Waals surface area contributed by atoms with E-state index in [1.165, 1.54) is 5.56 Å². The summed E-state index contributed by atoms with van der Waals surface area (Å²) in [4.78, 5) is 12.3. The van der Waals surface area contributed by atoms with E-state index in [9.17, 15) is 10.1 Å². The number of amides is 1. The Bertz CT molecular complexity index is 822. The molecule has 4 nitrogen and oxygen atoms in total. The van der Waals surface area contributed by atoms with E-state index >= 15 is 0 Å². The third kappa shape index (κ3) is 4.95. The monoisotopic (exact) mass is 334 g/mol. The minimum atomic E-state index is -0.448. The Kier molecular flexibility index (Phi) is 5.61. The van der Waals surface area contributed by atoms with Crippen LogP contribution >= 0.6 is 0 Å². The van der Waals surface area contributed by atoms with Gasteiger partial charge in [-0.05, 0) is 34.8 Å². The number of nitrogens with one attached hydrogen (secondary N) is 1. The van der Waals surface area contributed by atoms with Crippen molar-refractivity contribution in [1.29, 1.82) is 5.26 Å². The minimum absolute atomic E-state index is 0.0475. The van der Waals surface area contributed by atoms with Gasteiger partial charge in [0.1, 0.15) is 17.4 Å². The number of carbonyl (C=O) groups is 1. The Hall–Kier alpha value is -3.06. The van der Waals surface area contributed by atoms with E-state index in [2.05, 4.69) is 26.1 Å². The van der Waals surface area contributed by atoms with E-state index < -0.39 is 5.91 Å². The molecule has 0 aliphatic heterocycles. The van der Waals surface area contributed by atoms with Gasteiger partial charge in [0.2, 0.25) is 0 Å². The molecule has 0 saturated heterocycles. The Labute approximate surface area is 148 Å². The van der Waals surface area contributed by atoms with Crippen molar-refractivity contribution < 1.29 is 9.53 Å². The summed E-state index contributed by atoms with van der Waals surface area (Å²) in [6, 6.07) is 16.8. The van der Waals surface area contributed by atoms with Crippen molar-refractivity contribution in [3.05, 3.63) is 65.2 Å². The fourth-order valence-electron chi connectivity index (χ4n) is 2.29. The molecule has 0 heterocycles. The first-order valence-corrected chi connectivity index (χ1v) is 8.01. The van der Waals surface area contributed by atoms with E-state index in [4.69, 9.17) is 4.74 Å². The van der Waals surface area contributed by atoms with Crippen LogP contribution in [0.4, 0.5) is 5.69 Å². The van der Waals surface area contributed by atoms with Crippen molar-refractivity contribution in [2.45, 2.75) is 26.2 Å². The van der Waals surface area contributed by atoms with Crippen molar-refractivity contribution >= 4 is 17.7 Å². The molecule has 0 radical (unpaired) electrons. The molecule has 0 fully saturated rings. The third-order valence-corrected chi connectivity index (χ3v) is 3.78. The maximum absolute atomic E-state index is 12.3. The lowest BCUT2D eigenvalue weighted by Gasteiger charge is -2.18. The summed E-state index contributed by atoms with van der Waals surface area (Å²) in [5.41, 5.74) is 2.69. The molecule has 0 aliphatic rings. The van der Waals surface area contributed by atoms with E-state index in [0.29, 0.717) is 11.4 Å². The minimum Gasteiger partial charge on any atom is -0.497 e. The molecule has 1 amide bonds. The van der Waals surface area contributed by atoms with Crippen molar-refractivity contribution in [1.82, 2.24) is 0 Å². The number of anilines is 1. The second-order valence-electron chi connectivity index (χ2n) is 6.73.